The molecule has 0 radical (unpaired) electrons. The summed E-state index contributed by atoms with van der Waals surface area (Å²) in [6.07, 6.45) is 4.10. The van der Waals surface area contributed by atoms with Gasteiger partial charge in [-0.2, -0.15) is 8.78 Å². The highest BCUT2D eigenvalue weighted by molar-refractivity contribution is 5.89. The zero-order valence-corrected chi connectivity index (χ0v) is 18.0. The molecule has 6 atom stereocenters. The molecule has 1 aromatic heterocycles. The summed E-state index contributed by atoms with van der Waals surface area (Å²) in [5.41, 5.74) is -0.438. The molecular weight excluding hydrogens is 425 g/mol. The van der Waals surface area contributed by atoms with Crippen molar-refractivity contribution in [1.82, 2.24) is 20.9 Å². The first-order valence-electron chi connectivity index (χ1n) is 11.5. The minimum Gasteiger partial charge on any atom is -0.447 e. The predicted octanol–water partition coefficient (Wildman–Crippen LogP) is 2.27. The first-order chi connectivity index (χ1) is 15.2. The fourth-order valence-corrected chi connectivity index (χ4v) is 6.50. The second-order valence-corrected chi connectivity index (χ2v) is 9.93. The summed E-state index contributed by atoms with van der Waals surface area (Å²) in [7, 11) is 0. The van der Waals surface area contributed by atoms with E-state index >= 15 is 0 Å². The van der Waals surface area contributed by atoms with E-state index in [1.807, 2.05) is 0 Å². The molecule has 176 valence electrons. The second kappa shape index (κ2) is 7.74. The van der Waals surface area contributed by atoms with Crippen molar-refractivity contribution in [3.63, 3.8) is 0 Å². The summed E-state index contributed by atoms with van der Waals surface area (Å²) in [5, 5.41) is 8.62. The standard InChI is InChI=1S/C22H29F3N4O3/c1-21(24,25)15-10-32-16(29-15)9-27-19(30)17-11-2-3-12(22(11)5-6-22)18(17)20(31)28-14-4-7-26-8-13(14)23/h10-14,17-18,26H,2-9H2,1H3,(H,27,30)(H,28,31)/t11-,12+,13+,14+,17+,18+/m0/s1. The minimum absolute atomic E-state index is 0.00450. The Hall–Kier alpha value is -2.10. The van der Waals surface area contributed by atoms with Gasteiger partial charge in [0.25, 0.3) is 5.92 Å². The summed E-state index contributed by atoms with van der Waals surface area (Å²) in [6, 6.07) is -0.539. The molecule has 4 aliphatic rings. The van der Waals surface area contributed by atoms with Crippen molar-refractivity contribution < 1.29 is 27.2 Å². The maximum absolute atomic E-state index is 14.3. The predicted molar refractivity (Wildman–Crippen MR) is 107 cm³/mol. The van der Waals surface area contributed by atoms with Crippen LogP contribution in [-0.4, -0.2) is 42.1 Å². The van der Waals surface area contributed by atoms with E-state index in [2.05, 4.69) is 20.9 Å². The lowest BCUT2D eigenvalue weighted by molar-refractivity contribution is -0.138. The number of hydrogen-bond acceptors (Lipinski definition) is 5. The van der Waals surface area contributed by atoms with Crippen molar-refractivity contribution in [2.45, 2.75) is 63.7 Å². The second-order valence-electron chi connectivity index (χ2n) is 9.93. The highest BCUT2D eigenvalue weighted by Crippen LogP contribution is 2.74. The molecule has 1 aliphatic heterocycles. The molecular formula is C22H29F3N4O3. The van der Waals surface area contributed by atoms with Gasteiger partial charge in [0.2, 0.25) is 17.7 Å². The van der Waals surface area contributed by atoms with Crippen LogP contribution in [0.15, 0.2) is 10.7 Å². The van der Waals surface area contributed by atoms with Gasteiger partial charge in [0, 0.05) is 13.5 Å². The average molecular weight is 454 g/mol. The molecule has 2 bridgehead atoms. The number of halogens is 3. The lowest BCUT2D eigenvalue weighted by Crippen LogP contribution is -2.54. The fraction of sp³-hybridized carbons (Fsp3) is 0.773. The monoisotopic (exact) mass is 454 g/mol. The first kappa shape index (κ1) is 21.7. The van der Waals surface area contributed by atoms with E-state index in [1.54, 1.807) is 0 Å². The molecule has 1 spiro atoms. The van der Waals surface area contributed by atoms with Gasteiger partial charge in [-0.25, -0.2) is 9.37 Å². The van der Waals surface area contributed by atoms with Crippen molar-refractivity contribution in [1.29, 1.82) is 0 Å². The molecule has 32 heavy (non-hydrogen) atoms. The number of nitrogens with one attached hydrogen (secondary N) is 3. The Morgan fingerprint density at radius 3 is 2.50 bits per heavy atom. The number of rotatable bonds is 6. The number of piperidine rings is 1. The molecule has 2 amide bonds. The molecule has 2 heterocycles. The third kappa shape index (κ3) is 3.60. The van der Waals surface area contributed by atoms with E-state index in [0.717, 1.165) is 38.9 Å². The molecule has 3 saturated carbocycles. The van der Waals surface area contributed by atoms with Gasteiger partial charge in [-0.1, -0.05) is 0 Å². The molecule has 0 aromatic carbocycles. The van der Waals surface area contributed by atoms with Crippen LogP contribution in [-0.2, 0) is 22.1 Å². The molecule has 1 aromatic rings. The van der Waals surface area contributed by atoms with Crippen LogP contribution in [0.5, 0.6) is 0 Å². The number of alkyl halides is 3. The Bertz CT molecular complexity index is 897. The van der Waals surface area contributed by atoms with E-state index in [0.29, 0.717) is 13.0 Å². The lowest BCUT2D eigenvalue weighted by Gasteiger charge is -2.33. The van der Waals surface area contributed by atoms with Gasteiger partial charge in [-0.15, -0.1) is 0 Å². The molecule has 3 N–H and O–H groups in total. The number of carbonyl (C=O) groups excluding carboxylic acids is 2. The van der Waals surface area contributed by atoms with E-state index in [4.69, 9.17) is 4.42 Å². The van der Waals surface area contributed by atoms with Crippen LogP contribution in [0, 0.1) is 29.1 Å². The van der Waals surface area contributed by atoms with Crippen molar-refractivity contribution in [3.05, 3.63) is 17.8 Å². The fourth-order valence-electron chi connectivity index (χ4n) is 6.50. The van der Waals surface area contributed by atoms with Gasteiger partial charge in [0.05, 0.1) is 24.4 Å². The van der Waals surface area contributed by atoms with Crippen molar-refractivity contribution in [3.8, 4) is 0 Å². The van der Waals surface area contributed by atoms with Gasteiger partial charge in [-0.3, -0.25) is 9.59 Å². The zero-order valence-electron chi connectivity index (χ0n) is 18.0. The normalized spacial score (nSPS) is 35.1. The van der Waals surface area contributed by atoms with Crippen molar-refractivity contribution in [2.24, 2.45) is 29.1 Å². The maximum Gasteiger partial charge on any atom is 0.290 e. The summed E-state index contributed by atoms with van der Waals surface area (Å²) >= 11 is 0. The largest absolute Gasteiger partial charge is 0.447 e. The Labute approximate surface area is 184 Å². The Kier molecular flexibility index (Phi) is 5.26. The minimum atomic E-state index is -3.12. The van der Waals surface area contributed by atoms with Gasteiger partial charge in [-0.05, 0) is 55.9 Å². The summed E-state index contributed by atoms with van der Waals surface area (Å²) in [5.74, 6) is -4.38. The molecule has 1 saturated heterocycles. The van der Waals surface area contributed by atoms with Crippen molar-refractivity contribution in [2.75, 3.05) is 13.1 Å². The van der Waals surface area contributed by atoms with Crippen LogP contribution >= 0.6 is 0 Å². The summed E-state index contributed by atoms with van der Waals surface area (Å²) in [6.45, 7) is 1.46. The average Bonchev–Trinajstić information content (AvgIpc) is 3.14. The number of nitrogens with zero attached hydrogens (tertiary/aromatic N) is 1. The van der Waals surface area contributed by atoms with Crippen LogP contribution in [0.25, 0.3) is 0 Å². The van der Waals surface area contributed by atoms with Crippen molar-refractivity contribution >= 4 is 11.8 Å². The number of amides is 2. The SMILES string of the molecule is CC(F)(F)c1coc(CNC(=O)[C@H]2[C@H](C(=O)N[C@@H]3CCNC[C@H]3F)[C@H]3CC[C@@H]2C32CC2)n1. The van der Waals surface area contributed by atoms with E-state index < -0.39 is 35.7 Å². The first-order valence-corrected chi connectivity index (χ1v) is 11.5. The number of oxazole rings is 1. The number of aromatic nitrogens is 1. The van der Waals surface area contributed by atoms with Crippen LogP contribution in [0.1, 0.15) is 50.6 Å². The number of hydrogen-bond donors (Lipinski definition) is 3. The Balaban J connectivity index is 1.29. The topological polar surface area (TPSA) is 96.3 Å². The van der Waals surface area contributed by atoms with Crippen LogP contribution in [0.3, 0.4) is 0 Å². The van der Waals surface area contributed by atoms with Gasteiger partial charge < -0.3 is 20.4 Å². The molecule has 0 unspecified atom stereocenters. The molecule has 4 fully saturated rings. The van der Waals surface area contributed by atoms with Gasteiger partial charge in [0.1, 0.15) is 18.1 Å². The lowest BCUT2D eigenvalue weighted by atomic mass is 9.78. The van der Waals surface area contributed by atoms with E-state index in [1.165, 1.54) is 0 Å². The maximum atomic E-state index is 14.3. The highest BCUT2D eigenvalue weighted by Gasteiger charge is 2.71. The van der Waals surface area contributed by atoms with Gasteiger partial charge in [0.15, 0.2) is 0 Å². The zero-order chi connectivity index (χ0) is 22.7. The van der Waals surface area contributed by atoms with Crippen LogP contribution in [0.2, 0.25) is 0 Å². The third-order valence-corrected chi connectivity index (χ3v) is 8.10. The van der Waals surface area contributed by atoms with E-state index in [-0.39, 0.29) is 48.0 Å². The van der Waals surface area contributed by atoms with Gasteiger partial charge >= 0.3 is 0 Å². The quantitative estimate of drug-likeness (QED) is 0.613. The summed E-state index contributed by atoms with van der Waals surface area (Å²) in [4.78, 5) is 30.2. The van der Waals surface area contributed by atoms with Crippen LogP contribution < -0.4 is 16.0 Å². The molecule has 7 nitrogen and oxygen atoms in total. The smallest absolute Gasteiger partial charge is 0.290 e. The Morgan fingerprint density at radius 2 is 1.91 bits per heavy atom. The highest BCUT2D eigenvalue weighted by atomic mass is 19.3. The van der Waals surface area contributed by atoms with E-state index in [9.17, 15) is 22.8 Å². The molecule has 3 aliphatic carbocycles. The Morgan fingerprint density at radius 1 is 1.22 bits per heavy atom. The molecule has 10 heteroatoms. The summed E-state index contributed by atoms with van der Waals surface area (Å²) < 4.78 is 46.1. The molecule has 5 rings (SSSR count). The van der Waals surface area contributed by atoms with Crippen LogP contribution in [0.4, 0.5) is 13.2 Å². The third-order valence-electron chi connectivity index (χ3n) is 8.10. The number of carbonyl (C=O) groups is 2.